The number of carbonyl (C=O) groups is 1. The van der Waals surface area contributed by atoms with Crippen molar-refractivity contribution in [3.63, 3.8) is 0 Å². The normalized spacial score (nSPS) is 22.6. The first kappa shape index (κ1) is 9.06. The Labute approximate surface area is 72.0 Å². The van der Waals surface area contributed by atoms with E-state index in [0.717, 1.165) is 13.0 Å². The lowest BCUT2D eigenvalue weighted by Crippen LogP contribution is -2.26. The standard InChI is InChI=1S/C8H14N2O2/c1-9-8(11)7-5-10-3-2-4-12-6-7/h5,10H,2-4,6H2,1H3,(H,9,11)/b7-5+. The van der Waals surface area contributed by atoms with Gasteiger partial charge < -0.3 is 15.4 Å². The summed E-state index contributed by atoms with van der Waals surface area (Å²) < 4.78 is 5.24. The van der Waals surface area contributed by atoms with E-state index >= 15 is 0 Å². The van der Waals surface area contributed by atoms with Crippen molar-refractivity contribution in [3.8, 4) is 0 Å². The molecule has 0 bridgehead atoms. The Bertz CT molecular complexity index is 189. The zero-order valence-electron chi connectivity index (χ0n) is 7.22. The molecule has 1 heterocycles. The minimum Gasteiger partial charge on any atom is -0.390 e. The van der Waals surface area contributed by atoms with Crippen molar-refractivity contribution in [3.05, 3.63) is 11.8 Å². The van der Waals surface area contributed by atoms with Crippen LogP contribution in [0, 0.1) is 0 Å². The van der Waals surface area contributed by atoms with Gasteiger partial charge in [-0.05, 0) is 6.42 Å². The molecule has 12 heavy (non-hydrogen) atoms. The number of ether oxygens (including phenoxy) is 1. The fourth-order valence-corrected chi connectivity index (χ4v) is 0.987. The van der Waals surface area contributed by atoms with Gasteiger partial charge in [-0.25, -0.2) is 0 Å². The van der Waals surface area contributed by atoms with Crippen LogP contribution in [-0.4, -0.2) is 32.7 Å². The lowest BCUT2D eigenvalue weighted by Gasteiger charge is -2.11. The first-order valence-corrected chi connectivity index (χ1v) is 4.07. The largest absolute Gasteiger partial charge is 0.390 e. The smallest absolute Gasteiger partial charge is 0.250 e. The molecule has 0 aromatic heterocycles. The van der Waals surface area contributed by atoms with Crippen LogP contribution in [0.2, 0.25) is 0 Å². The van der Waals surface area contributed by atoms with E-state index in [1.54, 1.807) is 13.2 Å². The summed E-state index contributed by atoms with van der Waals surface area (Å²) >= 11 is 0. The quantitative estimate of drug-likeness (QED) is 0.564. The second kappa shape index (κ2) is 4.77. The van der Waals surface area contributed by atoms with E-state index in [-0.39, 0.29) is 5.91 Å². The monoisotopic (exact) mass is 170 g/mol. The summed E-state index contributed by atoms with van der Waals surface area (Å²) in [5, 5.41) is 5.61. The minimum atomic E-state index is -0.0793. The van der Waals surface area contributed by atoms with Crippen molar-refractivity contribution < 1.29 is 9.53 Å². The molecule has 0 aromatic carbocycles. The number of amides is 1. The zero-order valence-corrected chi connectivity index (χ0v) is 7.22. The van der Waals surface area contributed by atoms with Gasteiger partial charge >= 0.3 is 0 Å². The van der Waals surface area contributed by atoms with Crippen molar-refractivity contribution in [2.45, 2.75) is 6.42 Å². The van der Waals surface area contributed by atoms with E-state index in [4.69, 9.17) is 4.74 Å². The Morgan fingerprint density at radius 3 is 3.33 bits per heavy atom. The molecular formula is C8H14N2O2. The van der Waals surface area contributed by atoms with Gasteiger partial charge in [0.2, 0.25) is 0 Å². The molecule has 0 unspecified atom stereocenters. The lowest BCUT2D eigenvalue weighted by molar-refractivity contribution is -0.117. The summed E-state index contributed by atoms with van der Waals surface area (Å²) in [5.41, 5.74) is 0.650. The molecular weight excluding hydrogens is 156 g/mol. The van der Waals surface area contributed by atoms with Crippen molar-refractivity contribution >= 4 is 5.91 Å². The molecule has 2 N–H and O–H groups in total. The molecule has 1 aliphatic rings. The second-order valence-electron chi connectivity index (χ2n) is 2.61. The number of rotatable bonds is 1. The number of hydrogen-bond acceptors (Lipinski definition) is 3. The molecule has 0 fully saturated rings. The number of likely N-dealkylation sites (N-methyl/N-ethyl adjacent to an activating group) is 1. The Kier molecular flexibility index (Phi) is 3.60. The van der Waals surface area contributed by atoms with E-state index in [9.17, 15) is 4.79 Å². The molecule has 0 radical (unpaired) electrons. The van der Waals surface area contributed by atoms with Gasteiger partial charge in [-0.2, -0.15) is 0 Å². The molecule has 0 spiro atoms. The molecule has 4 nitrogen and oxygen atoms in total. The van der Waals surface area contributed by atoms with Gasteiger partial charge in [0.15, 0.2) is 0 Å². The molecule has 1 aliphatic heterocycles. The van der Waals surface area contributed by atoms with E-state index in [0.29, 0.717) is 18.8 Å². The fraction of sp³-hybridized carbons (Fsp3) is 0.625. The minimum absolute atomic E-state index is 0.0793. The highest BCUT2D eigenvalue weighted by Crippen LogP contribution is 1.97. The SMILES string of the molecule is CNC(=O)/C1=C/NCCCOC1. The zero-order chi connectivity index (χ0) is 8.81. The highest BCUT2D eigenvalue weighted by atomic mass is 16.5. The van der Waals surface area contributed by atoms with E-state index in [1.165, 1.54) is 0 Å². The summed E-state index contributed by atoms with van der Waals surface area (Å²) in [4.78, 5) is 11.1. The number of nitrogens with one attached hydrogen (secondary N) is 2. The van der Waals surface area contributed by atoms with E-state index < -0.39 is 0 Å². The molecule has 0 aromatic rings. The highest BCUT2D eigenvalue weighted by Gasteiger charge is 2.08. The van der Waals surface area contributed by atoms with Gasteiger partial charge in [0, 0.05) is 26.4 Å². The molecule has 68 valence electrons. The topological polar surface area (TPSA) is 50.4 Å². The number of carbonyl (C=O) groups excluding carboxylic acids is 1. The highest BCUT2D eigenvalue weighted by molar-refractivity contribution is 5.93. The van der Waals surface area contributed by atoms with Gasteiger partial charge in [0.05, 0.1) is 12.2 Å². The molecule has 1 rings (SSSR count). The predicted octanol–water partition coefficient (Wildman–Crippen LogP) is -0.374. The third kappa shape index (κ3) is 2.54. The maximum Gasteiger partial charge on any atom is 0.250 e. The molecule has 0 atom stereocenters. The lowest BCUT2D eigenvalue weighted by atomic mass is 10.2. The Morgan fingerprint density at radius 2 is 2.58 bits per heavy atom. The summed E-state index contributed by atoms with van der Waals surface area (Å²) in [6, 6.07) is 0. The van der Waals surface area contributed by atoms with Gasteiger partial charge in [0.1, 0.15) is 0 Å². The first-order chi connectivity index (χ1) is 5.84. The van der Waals surface area contributed by atoms with Crippen LogP contribution in [0.3, 0.4) is 0 Å². The van der Waals surface area contributed by atoms with E-state index in [1.807, 2.05) is 0 Å². The van der Waals surface area contributed by atoms with Crippen LogP contribution in [0.25, 0.3) is 0 Å². The van der Waals surface area contributed by atoms with Crippen LogP contribution < -0.4 is 10.6 Å². The van der Waals surface area contributed by atoms with Gasteiger partial charge in [-0.15, -0.1) is 0 Å². The fourth-order valence-electron chi connectivity index (χ4n) is 0.987. The van der Waals surface area contributed by atoms with Crippen LogP contribution in [-0.2, 0) is 9.53 Å². The van der Waals surface area contributed by atoms with Gasteiger partial charge in [0.25, 0.3) is 5.91 Å². The summed E-state index contributed by atoms with van der Waals surface area (Å²) in [6.45, 7) is 1.97. The number of hydrogen-bond donors (Lipinski definition) is 2. The Morgan fingerprint density at radius 1 is 1.75 bits per heavy atom. The molecule has 4 heteroatoms. The van der Waals surface area contributed by atoms with Crippen molar-refractivity contribution in [2.24, 2.45) is 0 Å². The Hall–Kier alpha value is -1.03. The molecule has 0 aliphatic carbocycles. The average molecular weight is 170 g/mol. The predicted molar refractivity (Wildman–Crippen MR) is 45.6 cm³/mol. The molecule has 1 amide bonds. The molecule has 0 saturated carbocycles. The third-order valence-electron chi connectivity index (χ3n) is 1.66. The summed E-state index contributed by atoms with van der Waals surface area (Å²) in [5.74, 6) is -0.0793. The van der Waals surface area contributed by atoms with Crippen LogP contribution in [0.1, 0.15) is 6.42 Å². The molecule has 0 saturated heterocycles. The summed E-state index contributed by atoms with van der Waals surface area (Å²) in [6.07, 6.45) is 2.70. The van der Waals surface area contributed by atoms with Crippen molar-refractivity contribution in [1.29, 1.82) is 0 Å². The van der Waals surface area contributed by atoms with Crippen molar-refractivity contribution in [1.82, 2.24) is 10.6 Å². The third-order valence-corrected chi connectivity index (χ3v) is 1.66. The maximum atomic E-state index is 11.1. The Balaban J connectivity index is 2.52. The summed E-state index contributed by atoms with van der Waals surface area (Å²) in [7, 11) is 1.61. The van der Waals surface area contributed by atoms with Crippen LogP contribution >= 0.6 is 0 Å². The van der Waals surface area contributed by atoms with Crippen LogP contribution in [0.5, 0.6) is 0 Å². The second-order valence-corrected chi connectivity index (χ2v) is 2.61. The van der Waals surface area contributed by atoms with E-state index in [2.05, 4.69) is 10.6 Å². The van der Waals surface area contributed by atoms with Crippen molar-refractivity contribution in [2.75, 3.05) is 26.8 Å². The van der Waals surface area contributed by atoms with Gasteiger partial charge in [-0.1, -0.05) is 0 Å². The van der Waals surface area contributed by atoms with Gasteiger partial charge in [-0.3, -0.25) is 4.79 Å². The van der Waals surface area contributed by atoms with Crippen LogP contribution in [0.4, 0.5) is 0 Å². The van der Waals surface area contributed by atoms with Crippen LogP contribution in [0.15, 0.2) is 11.8 Å². The first-order valence-electron chi connectivity index (χ1n) is 4.07. The maximum absolute atomic E-state index is 11.1. The average Bonchev–Trinajstić information content (AvgIpc) is 2.02.